The molecule has 0 aliphatic heterocycles. The highest BCUT2D eigenvalue weighted by molar-refractivity contribution is 6.30. The van der Waals surface area contributed by atoms with Crippen LogP contribution in [0.15, 0.2) is 72.8 Å². The lowest BCUT2D eigenvalue weighted by atomic mass is 10.0. The number of hydrogen-bond acceptors (Lipinski definition) is 5. The van der Waals surface area contributed by atoms with Gasteiger partial charge in [0.1, 0.15) is 11.4 Å². The number of nitro groups is 1. The highest BCUT2D eigenvalue weighted by atomic mass is 35.5. The van der Waals surface area contributed by atoms with Gasteiger partial charge in [0.05, 0.1) is 4.92 Å². The number of nitrogens with zero attached hydrogens (tertiary/aromatic N) is 1. The summed E-state index contributed by atoms with van der Waals surface area (Å²) in [5.41, 5.74) is 0.858. The summed E-state index contributed by atoms with van der Waals surface area (Å²) in [7, 11) is 0. The zero-order chi connectivity index (χ0) is 20.8. The number of para-hydroxylation sites is 2. The highest BCUT2D eigenvalue weighted by Gasteiger charge is 2.15. The van der Waals surface area contributed by atoms with E-state index in [0.717, 1.165) is 0 Å². The SMILES string of the molecule is O=C(COc1ccc(C(=O)c2ccc(Cl)cc2)cc1)Nc1ccccc1[N+](=O)[O-]. The summed E-state index contributed by atoms with van der Waals surface area (Å²) < 4.78 is 5.39. The van der Waals surface area contributed by atoms with Gasteiger partial charge in [-0.25, -0.2) is 0 Å². The molecule has 29 heavy (non-hydrogen) atoms. The van der Waals surface area contributed by atoms with E-state index in [-0.39, 0.29) is 23.8 Å². The maximum Gasteiger partial charge on any atom is 0.292 e. The number of nitrogens with one attached hydrogen (secondary N) is 1. The standard InChI is InChI=1S/C21H15ClN2O5/c22-16-9-5-14(6-10-16)21(26)15-7-11-17(12-8-15)29-13-20(25)23-18-3-1-2-4-19(18)24(27)28/h1-12H,13H2,(H,23,25). The molecule has 7 nitrogen and oxygen atoms in total. The summed E-state index contributed by atoms with van der Waals surface area (Å²) >= 11 is 5.82. The van der Waals surface area contributed by atoms with E-state index >= 15 is 0 Å². The smallest absolute Gasteiger partial charge is 0.292 e. The zero-order valence-electron chi connectivity index (χ0n) is 15.0. The largest absolute Gasteiger partial charge is 0.484 e. The van der Waals surface area contributed by atoms with Crippen molar-refractivity contribution in [3.05, 3.63) is 99.1 Å². The van der Waals surface area contributed by atoms with Crippen molar-refractivity contribution in [2.24, 2.45) is 0 Å². The summed E-state index contributed by atoms with van der Waals surface area (Å²) in [6, 6.07) is 18.7. The Morgan fingerprint density at radius 1 is 0.931 bits per heavy atom. The van der Waals surface area contributed by atoms with Crippen LogP contribution in [-0.4, -0.2) is 23.2 Å². The van der Waals surface area contributed by atoms with Gasteiger partial charge in [-0.15, -0.1) is 0 Å². The van der Waals surface area contributed by atoms with Crippen LogP contribution in [0, 0.1) is 10.1 Å². The van der Waals surface area contributed by atoms with Crippen molar-refractivity contribution >= 4 is 34.7 Å². The number of ether oxygens (including phenoxy) is 1. The van der Waals surface area contributed by atoms with Crippen LogP contribution in [0.5, 0.6) is 5.75 Å². The normalized spacial score (nSPS) is 10.2. The van der Waals surface area contributed by atoms with Gasteiger partial charge in [0.25, 0.3) is 11.6 Å². The Hall–Kier alpha value is -3.71. The zero-order valence-corrected chi connectivity index (χ0v) is 15.8. The molecule has 8 heteroatoms. The first-order valence-electron chi connectivity index (χ1n) is 8.50. The molecule has 0 fully saturated rings. The third-order valence-electron chi connectivity index (χ3n) is 3.97. The van der Waals surface area contributed by atoms with Crippen LogP contribution in [0.2, 0.25) is 5.02 Å². The number of carbonyl (C=O) groups is 2. The molecule has 3 aromatic rings. The van der Waals surface area contributed by atoms with Gasteiger partial charge in [0.2, 0.25) is 0 Å². The van der Waals surface area contributed by atoms with E-state index in [9.17, 15) is 19.7 Å². The molecule has 0 bridgehead atoms. The number of amides is 1. The maximum atomic E-state index is 12.4. The van der Waals surface area contributed by atoms with Crippen LogP contribution in [-0.2, 0) is 4.79 Å². The minimum absolute atomic E-state index is 0.0926. The average Bonchev–Trinajstić information content (AvgIpc) is 2.73. The van der Waals surface area contributed by atoms with Crippen molar-refractivity contribution in [1.29, 1.82) is 0 Å². The van der Waals surface area contributed by atoms with Crippen molar-refractivity contribution in [1.82, 2.24) is 0 Å². The minimum atomic E-state index is -0.576. The van der Waals surface area contributed by atoms with E-state index in [2.05, 4.69) is 5.32 Å². The molecular formula is C21H15ClN2O5. The van der Waals surface area contributed by atoms with Crippen molar-refractivity contribution in [2.75, 3.05) is 11.9 Å². The first-order valence-corrected chi connectivity index (χ1v) is 8.88. The molecule has 0 unspecified atom stereocenters. The summed E-state index contributed by atoms with van der Waals surface area (Å²) in [4.78, 5) is 34.8. The summed E-state index contributed by atoms with van der Waals surface area (Å²) in [5, 5.41) is 14.0. The Labute approximate surface area is 171 Å². The molecular weight excluding hydrogens is 396 g/mol. The predicted octanol–water partition coefficient (Wildman–Crippen LogP) is 4.50. The Bertz CT molecular complexity index is 1050. The molecule has 0 radical (unpaired) electrons. The molecule has 0 heterocycles. The van der Waals surface area contributed by atoms with Gasteiger partial charge < -0.3 is 10.1 Å². The number of anilines is 1. The first kappa shape index (κ1) is 20.0. The molecule has 3 rings (SSSR count). The van der Waals surface area contributed by atoms with Crippen molar-refractivity contribution in [3.63, 3.8) is 0 Å². The van der Waals surface area contributed by atoms with E-state index in [4.69, 9.17) is 16.3 Å². The molecule has 0 aromatic heterocycles. The second-order valence-electron chi connectivity index (χ2n) is 5.97. The number of carbonyl (C=O) groups excluding carboxylic acids is 2. The maximum absolute atomic E-state index is 12.4. The number of rotatable bonds is 7. The lowest BCUT2D eigenvalue weighted by molar-refractivity contribution is -0.383. The second-order valence-corrected chi connectivity index (χ2v) is 6.41. The van der Waals surface area contributed by atoms with Crippen LogP contribution in [0.4, 0.5) is 11.4 Å². The van der Waals surface area contributed by atoms with Crippen LogP contribution in [0.3, 0.4) is 0 Å². The molecule has 146 valence electrons. The third kappa shape index (κ3) is 5.18. The van der Waals surface area contributed by atoms with Crippen molar-refractivity contribution in [3.8, 4) is 5.75 Å². The number of halogens is 1. The van der Waals surface area contributed by atoms with Crippen molar-refractivity contribution < 1.29 is 19.2 Å². The van der Waals surface area contributed by atoms with E-state index < -0.39 is 10.8 Å². The number of hydrogen-bond donors (Lipinski definition) is 1. The van der Waals surface area contributed by atoms with Crippen LogP contribution in [0.25, 0.3) is 0 Å². The Kier molecular flexibility index (Phi) is 6.21. The predicted molar refractivity (Wildman–Crippen MR) is 109 cm³/mol. The van der Waals surface area contributed by atoms with Gasteiger partial charge in [-0.3, -0.25) is 19.7 Å². The van der Waals surface area contributed by atoms with E-state index in [1.54, 1.807) is 54.6 Å². The Morgan fingerprint density at radius 2 is 1.52 bits per heavy atom. The lowest BCUT2D eigenvalue weighted by Gasteiger charge is -2.08. The molecule has 0 atom stereocenters. The monoisotopic (exact) mass is 410 g/mol. The molecule has 0 spiro atoms. The number of benzene rings is 3. The van der Waals surface area contributed by atoms with Crippen molar-refractivity contribution in [2.45, 2.75) is 0 Å². The molecule has 3 aromatic carbocycles. The van der Waals surface area contributed by atoms with Gasteiger partial charge >= 0.3 is 0 Å². The van der Waals surface area contributed by atoms with Gasteiger partial charge in [-0.05, 0) is 54.6 Å². The quantitative estimate of drug-likeness (QED) is 0.351. The topological polar surface area (TPSA) is 98.5 Å². The van der Waals surface area contributed by atoms with Crippen LogP contribution < -0.4 is 10.1 Å². The summed E-state index contributed by atoms with van der Waals surface area (Å²) in [6.45, 7) is -0.337. The lowest BCUT2D eigenvalue weighted by Crippen LogP contribution is -2.20. The number of ketones is 1. The Morgan fingerprint density at radius 3 is 2.14 bits per heavy atom. The molecule has 0 aliphatic carbocycles. The van der Waals surface area contributed by atoms with Gasteiger partial charge in [0, 0.05) is 22.2 Å². The first-order chi connectivity index (χ1) is 13.9. The highest BCUT2D eigenvalue weighted by Crippen LogP contribution is 2.23. The summed E-state index contributed by atoms with van der Waals surface area (Å²) in [6.07, 6.45) is 0. The fourth-order valence-corrected chi connectivity index (χ4v) is 2.67. The fourth-order valence-electron chi connectivity index (χ4n) is 2.54. The van der Waals surface area contributed by atoms with Gasteiger partial charge in [-0.1, -0.05) is 23.7 Å². The second kappa shape index (κ2) is 8.99. The molecule has 1 amide bonds. The van der Waals surface area contributed by atoms with E-state index in [0.29, 0.717) is 21.9 Å². The van der Waals surface area contributed by atoms with Crippen LogP contribution in [0.1, 0.15) is 15.9 Å². The van der Waals surface area contributed by atoms with Gasteiger partial charge in [-0.2, -0.15) is 0 Å². The third-order valence-corrected chi connectivity index (χ3v) is 4.22. The van der Waals surface area contributed by atoms with Gasteiger partial charge in [0.15, 0.2) is 12.4 Å². The number of nitro benzene ring substituents is 1. The van der Waals surface area contributed by atoms with Crippen LogP contribution >= 0.6 is 11.6 Å². The molecule has 0 saturated carbocycles. The van der Waals surface area contributed by atoms with E-state index in [1.807, 2.05) is 0 Å². The average molecular weight is 411 g/mol. The molecule has 0 saturated heterocycles. The summed E-state index contributed by atoms with van der Waals surface area (Å²) in [5.74, 6) is -0.321. The molecule has 0 aliphatic rings. The Balaban J connectivity index is 1.59. The van der Waals surface area contributed by atoms with E-state index in [1.165, 1.54) is 18.2 Å². The fraction of sp³-hybridized carbons (Fsp3) is 0.0476. The molecule has 1 N–H and O–H groups in total. The minimum Gasteiger partial charge on any atom is -0.484 e.